The normalized spacial score (nSPS) is 18.6. The van der Waals surface area contributed by atoms with E-state index in [0.717, 1.165) is 25.8 Å². The van der Waals surface area contributed by atoms with E-state index in [-0.39, 0.29) is 17.9 Å². The number of aromatic nitrogens is 2. The number of nitrogens with one attached hydrogen (secondary N) is 1. The van der Waals surface area contributed by atoms with Crippen LogP contribution in [0.3, 0.4) is 0 Å². The van der Waals surface area contributed by atoms with E-state index in [2.05, 4.69) is 10.4 Å². The van der Waals surface area contributed by atoms with Gasteiger partial charge in [-0.25, -0.2) is 0 Å². The van der Waals surface area contributed by atoms with Gasteiger partial charge in [0.1, 0.15) is 6.04 Å². The fourth-order valence-electron chi connectivity index (χ4n) is 2.42. The highest BCUT2D eigenvalue weighted by Crippen LogP contribution is 2.17. The van der Waals surface area contributed by atoms with Crippen LogP contribution in [0.25, 0.3) is 0 Å². The Balaban J connectivity index is 1.70. The van der Waals surface area contributed by atoms with Gasteiger partial charge in [0.05, 0.1) is 0 Å². The number of rotatable bonds is 5. The predicted molar refractivity (Wildman–Crippen MR) is 70.3 cm³/mol. The van der Waals surface area contributed by atoms with Crippen molar-refractivity contribution in [2.75, 3.05) is 13.1 Å². The molecule has 1 aliphatic rings. The average Bonchev–Trinajstić information content (AvgIpc) is 3.04. The molecule has 0 radical (unpaired) electrons. The molecule has 1 aromatic heterocycles. The van der Waals surface area contributed by atoms with Crippen molar-refractivity contribution in [1.82, 2.24) is 20.0 Å². The SMILES string of the molecule is CC(=O)N1CCC[C@@H]1C(=O)NCCCn1cccn1. The van der Waals surface area contributed by atoms with E-state index >= 15 is 0 Å². The fourth-order valence-corrected chi connectivity index (χ4v) is 2.42. The molecule has 0 bridgehead atoms. The molecule has 1 aliphatic heterocycles. The number of carbonyl (C=O) groups excluding carboxylic acids is 2. The minimum atomic E-state index is -0.276. The Kier molecular flexibility index (Phi) is 4.54. The van der Waals surface area contributed by atoms with Gasteiger partial charge in [0, 0.05) is 39.0 Å². The molecular weight excluding hydrogens is 244 g/mol. The lowest BCUT2D eigenvalue weighted by Crippen LogP contribution is -2.45. The third-order valence-electron chi connectivity index (χ3n) is 3.38. The highest BCUT2D eigenvalue weighted by Gasteiger charge is 2.31. The summed E-state index contributed by atoms with van der Waals surface area (Å²) in [5.74, 6) is -0.0534. The summed E-state index contributed by atoms with van der Waals surface area (Å²) in [6.07, 6.45) is 6.15. The Morgan fingerprint density at radius 2 is 2.32 bits per heavy atom. The second kappa shape index (κ2) is 6.36. The van der Waals surface area contributed by atoms with Gasteiger partial charge in [-0.2, -0.15) is 5.10 Å². The molecule has 1 N–H and O–H groups in total. The van der Waals surface area contributed by atoms with Crippen LogP contribution >= 0.6 is 0 Å². The second-order valence-corrected chi connectivity index (χ2v) is 4.78. The van der Waals surface area contributed by atoms with Crippen LogP contribution in [0.4, 0.5) is 0 Å². The van der Waals surface area contributed by atoms with E-state index in [9.17, 15) is 9.59 Å². The molecule has 1 fully saturated rings. The van der Waals surface area contributed by atoms with Crippen LogP contribution in [0.15, 0.2) is 18.5 Å². The first-order chi connectivity index (χ1) is 9.18. The quantitative estimate of drug-likeness (QED) is 0.783. The summed E-state index contributed by atoms with van der Waals surface area (Å²) in [5.41, 5.74) is 0. The molecule has 0 spiro atoms. The van der Waals surface area contributed by atoms with Gasteiger partial charge in [0.2, 0.25) is 11.8 Å². The van der Waals surface area contributed by atoms with Crippen LogP contribution in [-0.4, -0.2) is 45.6 Å². The minimum Gasteiger partial charge on any atom is -0.354 e. The van der Waals surface area contributed by atoms with Crippen LogP contribution < -0.4 is 5.32 Å². The summed E-state index contributed by atoms with van der Waals surface area (Å²) in [7, 11) is 0. The average molecular weight is 264 g/mol. The van der Waals surface area contributed by atoms with Crippen LogP contribution in [0, 0.1) is 0 Å². The lowest BCUT2D eigenvalue weighted by atomic mass is 10.2. The first kappa shape index (κ1) is 13.6. The molecule has 2 amide bonds. The van der Waals surface area contributed by atoms with Crippen molar-refractivity contribution in [1.29, 1.82) is 0 Å². The Hall–Kier alpha value is -1.85. The summed E-state index contributed by atoms with van der Waals surface area (Å²) in [6.45, 7) is 3.61. The van der Waals surface area contributed by atoms with Crippen LogP contribution in [0.2, 0.25) is 0 Å². The Morgan fingerprint density at radius 1 is 1.47 bits per heavy atom. The molecule has 2 heterocycles. The van der Waals surface area contributed by atoms with Crippen molar-refractivity contribution in [3.05, 3.63) is 18.5 Å². The zero-order valence-electron chi connectivity index (χ0n) is 11.2. The van der Waals surface area contributed by atoms with E-state index in [1.165, 1.54) is 6.92 Å². The molecule has 6 nitrogen and oxygen atoms in total. The lowest BCUT2D eigenvalue weighted by molar-refractivity contribution is -0.136. The van der Waals surface area contributed by atoms with Crippen molar-refractivity contribution in [2.45, 2.75) is 38.8 Å². The summed E-state index contributed by atoms with van der Waals surface area (Å²) in [6, 6.07) is 1.60. The topological polar surface area (TPSA) is 67.2 Å². The van der Waals surface area contributed by atoms with Crippen molar-refractivity contribution < 1.29 is 9.59 Å². The number of amides is 2. The number of hydrogen-bond donors (Lipinski definition) is 1. The number of nitrogens with zero attached hydrogens (tertiary/aromatic N) is 3. The van der Waals surface area contributed by atoms with Gasteiger partial charge in [-0.15, -0.1) is 0 Å². The van der Waals surface area contributed by atoms with E-state index in [4.69, 9.17) is 0 Å². The maximum atomic E-state index is 12.0. The van der Waals surface area contributed by atoms with Crippen LogP contribution in [0.5, 0.6) is 0 Å². The van der Waals surface area contributed by atoms with Gasteiger partial charge < -0.3 is 10.2 Å². The molecule has 1 saturated heterocycles. The van der Waals surface area contributed by atoms with Crippen molar-refractivity contribution in [3.63, 3.8) is 0 Å². The highest BCUT2D eigenvalue weighted by atomic mass is 16.2. The monoisotopic (exact) mass is 264 g/mol. The number of carbonyl (C=O) groups is 2. The third-order valence-corrected chi connectivity index (χ3v) is 3.38. The number of likely N-dealkylation sites (tertiary alicyclic amines) is 1. The molecular formula is C13H20N4O2. The second-order valence-electron chi connectivity index (χ2n) is 4.78. The van der Waals surface area contributed by atoms with Crippen LogP contribution in [0.1, 0.15) is 26.2 Å². The Bertz CT molecular complexity index is 430. The lowest BCUT2D eigenvalue weighted by Gasteiger charge is -2.22. The first-order valence-electron chi connectivity index (χ1n) is 6.71. The molecule has 6 heteroatoms. The number of aryl methyl sites for hydroxylation is 1. The van der Waals surface area contributed by atoms with E-state index < -0.39 is 0 Å². The van der Waals surface area contributed by atoms with Gasteiger partial charge in [0.25, 0.3) is 0 Å². The van der Waals surface area contributed by atoms with Gasteiger partial charge >= 0.3 is 0 Å². The van der Waals surface area contributed by atoms with Gasteiger partial charge in [-0.3, -0.25) is 14.3 Å². The molecule has 1 aromatic rings. The molecule has 0 unspecified atom stereocenters. The summed E-state index contributed by atoms with van der Waals surface area (Å²) in [4.78, 5) is 25.0. The zero-order chi connectivity index (χ0) is 13.7. The van der Waals surface area contributed by atoms with Crippen molar-refractivity contribution >= 4 is 11.8 Å². The summed E-state index contributed by atoms with van der Waals surface area (Å²) < 4.78 is 1.84. The van der Waals surface area contributed by atoms with Crippen LogP contribution in [-0.2, 0) is 16.1 Å². The minimum absolute atomic E-state index is 0.0193. The standard InChI is InChI=1S/C13H20N4O2/c1-11(18)17-10-2-5-12(17)13(19)14-6-3-8-16-9-4-7-15-16/h4,7,9,12H,2-3,5-6,8,10H2,1H3,(H,14,19)/t12-/m1/s1. The fraction of sp³-hybridized carbons (Fsp3) is 0.615. The van der Waals surface area contributed by atoms with E-state index in [0.29, 0.717) is 13.1 Å². The molecule has 1 atom stereocenters. The Labute approximate surface area is 112 Å². The molecule has 0 saturated carbocycles. The summed E-state index contributed by atoms with van der Waals surface area (Å²) in [5, 5.41) is 6.99. The first-order valence-corrected chi connectivity index (χ1v) is 6.71. The smallest absolute Gasteiger partial charge is 0.242 e. The van der Waals surface area contributed by atoms with Gasteiger partial charge in [-0.1, -0.05) is 0 Å². The van der Waals surface area contributed by atoms with E-state index in [1.54, 1.807) is 11.1 Å². The number of hydrogen-bond acceptors (Lipinski definition) is 3. The molecule has 2 rings (SSSR count). The summed E-state index contributed by atoms with van der Waals surface area (Å²) >= 11 is 0. The maximum absolute atomic E-state index is 12.0. The largest absolute Gasteiger partial charge is 0.354 e. The molecule has 104 valence electrons. The molecule has 0 aliphatic carbocycles. The van der Waals surface area contributed by atoms with E-state index in [1.807, 2.05) is 16.9 Å². The predicted octanol–water partition coefficient (Wildman–Crippen LogP) is 0.400. The van der Waals surface area contributed by atoms with Gasteiger partial charge in [-0.05, 0) is 25.3 Å². The Morgan fingerprint density at radius 3 is 3.00 bits per heavy atom. The van der Waals surface area contributed by atoms with Crippen molar-refractivity contribution in [2.24, 2.45) is 0 Å². The third kappa shape index (κ3) is 3.56. The molecule has 19 heavy (non-hydrogen) atoms. The maximum Gasteiger partial charge on any atom is 0.242 e. The molecule has 0 aromatic carbocycles. The highest BCUT2D eigenvalue weighted by molar-refractivity contribution is 5.87. The van der Waals surface area contributed by atoms with Gasteiger partial charge in [0.15, 0.2) is 0 Å². The zero-order valence-corrected chi connectivity index (χ0v) is 11.2. The van der Waals surface area contributed by atoms with Crippen molar-refractivity contribution in [3.8, 4) is 0 Å².